The Hall–Kier alpha value is -2.10. The van der Waals surface area contributed by atoms with Gasteiger partial charge in [-0.2, -0.15) is 0 Å². The number of aryl methyl sites for hydroxylation is 1. The molecule has 0 fully saturated rings. The van der Waals surface area contributed by atoms with E-state index < -0.39 is 0 Å². The number of rotatable bonds is 3. The molecule has 0 spiro atoms. The van der Waals surface area contributed by atoms with Gasteiger partial charge in [0.2, 0.25) is 0 Å². The summed E-state index contributed by atoms with van der Waals surface area (Å²) in [4.78, 5) is 10.5. The zero-order valence-corrected chi connectivity index (χ0v) is 10.1. The summed E-state index contributed by atoms with van der Waals surface area (Å²) in [6.45, 7) is 4.99. The molecule has 0 bridgehead atoms. The van der Waals surface area contributed by atoms with Gasteiger partial charge >= 0.3 is 0 Å². The van der Waals surface area contributed by atoms with Gasteiger partial charge in [0.1, 0.15) is 5.82 Å². The second-order valence-corrected chi connectivity index (χ2v) is 3.88. The van der Waals surface area contributed by atoms with Crippen molar-refractivity contribution in [1.29, 1.82) is 0 Å². The van der Waals surface area contributed by atoms with Gasteiger partial charge in [-0.05, 0) is 31.5 Å². The number of nitrogen functional groups attached to an aromatic ring is 1. The maximum absolute atomic E-state index is 5.54. The zero-order chi connectivity index (χ0) is 12.3. The molecule has 4 heteroatoms. The molecule has 17 heavy (non-hydrogen) atoms. The first kappa shape index (κ1) is 11.4. The van der Waals surface area contributed by atoms with Crippen LogP contribution in [0.25, 0.3) is 0 Å². The number of hydrogen-bond donors (Lipinski definition) is 1. The van der Waals surface area contributed by atoms with E-state index in [1.807, 2.05) is 6.07 Å². The van der Waals surface area contributed by atoms with Crippen molar-refractivity contribution in [2.75, 3.05) is 17.2 Å². The molecule has 1 aromatic carbocycles. The largest absolute Gasteiger partial charge is 0.382 e. The average molecular weight is 228 g/mol. The van der Waals surface area contributed by atoms with Gasteiger partial charge in [-0.3, -0.25) is 0 Å². The third kappa shape index (κ3) is 2.53. The molecule has 1 aromatic heterocycles. The Balaban J connectivity index is 2.36. The van der Waals surface area contributed by atoms with Crippen LogP contribution < -0.4 is 10.6 Å². The van der Waals surface area contributed by atoms with Crippen LogP contribution in [0.3, 0.4) is 0 Å². The van der Waals surface area contributed by atoms with Crippen LogP contribution in [-0.4, -0.2) is 16.5 Å². The fourth-order valence-corrected chi connectivity index (χ4v) is 1.74. The molecular formula is C13H16N4. The minimum atomic E-state index is 0.439. The SMILES string of the molecule is CCN(c1cccc(C)c1)c1cnc(N)cn1. The lowest BCUT2D eigenvalue weighted by atomic mass is 10.2. The number of hydrogen-bond acceptors (Lipinski definition) is 4. The van der Waals surface area contributed by atoms with Gasteiger partial charge in [-0.25, -0.2) is 9.97 Å². The van der Waals surface area contributed by atoms with Crippen molar-refractivity contribution < 1.29 is 0 Å². The monoisotopic (exact) mass is 228 g/mol. The van der Waals surface area contributed by atoms with Gasteiger partial charge in [0.05, 0.1) is 12.4 Å². The summed E-state index contributed by atoms with van der Waals surface area (Å²) < 4.78 is 0. The molecule has 0 amide bonds. The smallest absolute Gasteiger partial charge is 0.151 e. The number of benzene rings is 1. The van der Waals surface area contributed by atoms with E-state index in [9.17, 15) is 0 Å². The summed E-state index contributed by atoms with van der Waals surface area (Å²) in [6.07, 6.45) is 3.27. The Morgan fingerprint density at radius 1 is 1.24 bits per heavy atom. The summed E-state index contributed by atoms with van der Waals surface area (Å²) >= 11 is 0. The second kappa shape index (κ2) is 4.82. The molecule has 0 saturated heterocycles. The quantitative estimate of drug-likeness (QED) is 0.877. The van der Waals surface area contributed by atoms with Crippen LogP contribution in [0.2, 0.25) is 0 Å². The predicted molar refractivity (Wildman–Crippen MR) is 70.3 cm³/mol. The standard InChI is InChI=1S/C13H16N4/c1-3-17(11-6-4-5-10(2)7-11)13-9-15-12(14)8-16-13/h4-9H,3H2,1-2H3,(H2,14,15). The van der Waals surface area contributed by atoms with E-state index in [0.717, 1.165) is 18.1 Å². The maximum atomic E-state index is 5.54. The van der Waals surface area contributed by atoms with Crippen LogP contribution in [0.15, 0.2) is 36.7 Å². The second-order valence-electron chi connectivity index (χ2n) is 3.88. The van der Waals surface area contributed by atoms with Crippen molar-refractivity contribution in [2.24, 2.45) is 0 Å². The summed E-state index contributed by atoms with van der Waals surface area (Å²) in [5.74, 6) is 1.25. The Bertz CT molecular complexity index is 493. The molecule has 2 rings (SSSR count). The van der Waals surface area contributed by atoms with Gasteiger partial charge < -0.3 is 10.6 Å². The highest BCUT2D eigenvalue weighted by Crippen LogP contribution is 2.23. The Labute approximate surface area is 101 Å². The highest BCUT2D eigenvalue weighted by atomic mass is 15.2. The van der Waals surface area contributed by atoms with Crippen molar-refractivity contribution >= 4 is 17.3 Å². The number of aromatic nitrogens is 2. The Kier molecular flexibility index (Phi) is 3.23. The molecule has 0 aliphatic rings. The highest BCUT2D eigenvalue weighted by molar-refractivity contribution is 5.60. The molecule has 2 N–H and O–H groups in total. The zero-order valence-electron chi connectivity index (χ0n) is 10.1. The topological polar surface area (TPSA) is 55.0 Å². The van der Waals surface area contributed by atoms with Gasteiger partial charge in [0.25, 0.3) is 0 Å². The minimum absolute atomic E-state index is 0.439. The van der Waals surface area contributed by atoms with Crippen molar-refractivity contribution in [2.45, 2.75) is 13.8 Å². The van der Waals surface area contributed by atoms with E-state index in [4.69, 9.17) is 5.73 Å². The van der Waals surface area contributed by atoms with Gasteiger partial charge in [0, 0.05) is 12.2 Å². The Morgan fingerprint density at radius 3 is 2.65 bits per heavy atom. The molecule has 0 radical (unpaired) electrons. The van der Waals surface area contributed by atoms with Crippen LogP contribution in [-0.2, 0) is 0 Å². The normalized spacial score (nSPS) is 10.2. The van der Waals surface area contributed by atoms with Crippen molar-refractivity contribution in [3.8, 4) is 0 Å². The summed E-state index contributed by atoms with van der Waals surface area (Å²) in [6, 6.07) is 8.31. The molecule has 0 aliphatic heterocycles. The first-order valence-electron chi connectivity index (χ1n) is 5.62. The van der Waals surface area contributed by atoms with E-state index >= 15 is 0 Å². The predicted octanol–water partition coefficient (Wildman–Crippen LogP) is 2.53. The minimum Gasteiger partial charge on any atom is -0.382 e. The maximum Gasteiger partial charge on any atom is 0.151 e. The third-order valence-electron chi connectivity index (χ3n) is 2.56. The first-order chi connectivity index (χ1) is 8.20. The van der Waals surface area contributed by atoms with E-state index in [2.05, 4.69) is 46.9 Å². The van der Waals surface area contributed by atoms with Crippen molar-refractivity contribution in [3.05, 3.63) is 42.2 Å². The van der Waals surface area contributed by atoms with Gasteiger partial charge in [-0.1, -0.05) is 12.1 Å². The lowest BCUT2D eigenvalue weighted by molar-refractivity contribution is 0.977. The van der Waals surface area contributed by atoms with E-state index in [1.54, 1.807) is 12.4 Å². The lowest BCUT2D eigenvalue weighted by Crippen LogP contribution is -2.17. The molecule has 4 nitrogen and oxygen atoms in total. The van der Waals surface area contributed by atoms with Crippen molar-refractivity contribution in [1.82, 2.24) is 9.97 Å². The summed E-state index contributed by atoms with van der Waals surface area (Å²) in [7, 11) is 0. The third-order valence-corrected chi connectivity index (χ3v) is 2.56. The molecule has 0 unspecified atom stereocenters. The number of nitrogens with two attached hydrogens (primary N) is 1. The first-order valence-corrected chi connectivity index (χ1v) is 5.62. The Morgan fingerprint density at radius 2 is 2.06 bits per heavy atom. The molecule has 1 heterocycles. The van der Waals surface area contributed by atoms with Gasteiger partial charge in [0.15, 0.2) is 5.82 Å². The van der Waals surface area contributed by atoms with Crippen LogP contribution >= 0.6 is 0 Å². The molecule has 88 valence electrons. The average Bonchev–Trinajstić information content (AvgIpc) is 2.33. The molecule has 0 saturated carbocycles. The molecule has 0 aliphatic carbocycles. The highest BCUT2D eigenvalue weighted by Gasteiger charge is 2.08. The molecule has 2 aromatic rings. The van der Waals surface area contributed by atoms with Gasteiger partial charge in [-0.15, -0.1) is 0 Å². The van der Waals surface area contributed by atoms with E-state index in [0.29, 0.717) is 5.82 Å². The van der Waals surface area contributed by atoms with Crippen molar-refractivity contribution in [3.63, 3.8) is 0 Å². The summed E-state index contributed by atoms with van der Waals surface area (Å²) in [5.41, 5.74) is 7.88. The molecular weight excluding hydrogens is 212 g/mol. The number of nitrogens with zero attached hydrogens (tertiary/aromatic N) is 3. The van der Waals surface area contributed by atoms with Crippen LogP contribution in [0, 0.1) is 6.92 Å². The van der Waals surface area contributed by atoms with E-state index in [1.165, 1.54) is 5.56 Å². The fourth-order valence-electron chi connectivity index (χ4n) is 1.74. The lowest BCUT2D eigenvalue weighted by Gasteiger charge is -2.22. The van der Waals surface area contributed by atoms with Crippen LogP contribution in [0.1, 0.15) is 12.5 Å². The van der Waals surface area contributed by atoms with E-state index in [-0.39, 0.29) is 0 Å². The fraction of sp³-hybridized carbons (Fsp3) is 0.231. The van der Waals surface area contributed by atoms with Crippen LogP contribution in [0.4, 0.5) is 17.3 Å². The molecule has 0 atom stereocenters. The van der Waals surface area contributed by atoms with Crippen LogP contribution in [0.5, 0.6) is 0 Å². The number of anilines is 3. The summed E-state index contributed by atoms with van der Waals surface area (Å²) in [5, 5.41) is 0.